The highest BCUT2D eigenvalue weighted by Crippen LogP contribution is 2.37. The number of hydrogen-bond acceptors (Lipinski definition) is 4. The number of ether oxygens (including phenoxy) is 1. The predicted octanol–water partition coefficient (Wildman–Crippen LogP) is 2.94. The normalized spacial score (nSPS) is 16.1. The highest BCUT2D eigenvalue weighted by molar-refractivity contribution is 7.12. The summed E-state index contributed by atoms with van der Waals surface area (Å²) in [6.07, 6.45) is 5.30. The summed E-state index contributed by atoms with van der Waals surface area (Å²) in [4.78, 5) is 15.6. The van der Waals surface area contributed by atoms with Crippen LogP contribution in [0.2, 0.25) is 0 Å². The largest absolute Gasteiger partial charge is 0.480 e. The number of methoxy groups -OCH3 is 1. The van der Waals surface area contributed by atoms with Gasteiger partial charge in [0.15, 0.2) is 0 Å². The van der Waals surface area contributed by atoms with Crippen molar-refractivity contribution in [3.8, 4) is 0 Å². The van der Waals surface area contributed by atoms with Crippen molar-refractivity contribution in [2.45, 2.75) is 38.1 Å². The summed E-state index contributed by atoms with van der Waals surface area (Å²) in [5.74, 6) is -0.0469. The summed E-state index contributed by atoms with van der Waals surface area (Å²) >= 11 is 1.84. The molecule has 1 N–H and O–H groups in total. The minimum Gasteiger partial charge on any atom is -0.480 e. The topological polar surface area (TPSA) is 49.8 Å². The zero-order valence-corrected chi connectivity index (χ0v) is 12.8. The van der Waals surface area contributed by atoms with Crippen LogP contribution in [0.4, 0.5) is 0 Å². The van der Waals surface area contributed by atoms with E-state index in [2.05, 4.69) is 12.1 Å². The fourth-order valence-electron chi connectivity index (χ4n) is 2.76. The molecule has 1 aliphatic rings. The molecule has 0 spiro atoms. The van der Waals surface area contributed by atoms with Crippen LogP contribution in [0.3, 0.4) is 0 Å². The first-order valence-electron chi connectivity index (χ1n) is 7.20. The van der Waals surface area contributed by atoms with Gasteiger partial charge in [-0.25, -0.2) is 0 Å². The van der Waals surface area contributed by atoms with E-state index >= 15 is 0 Å². The molecule has 0 unspecified atom stereocenters. The molecule has 1 heterocycles. The Morgan fingerprint density at radius 3 is 2.85 bits per heavy atom. The Balaban J connectivity index is 1.93. The molecule has 4 nitrogen and oxygen atoms in total. The Bertz CT molecular complexity index is 427. The number of carboxylic acid groups (broad SMARTS) is 1. The van der Waals surface area contributed by atoms with Crippen molar-refractivity contribution in [1.29, 1.82) is 0 Å². The SMILES string of the molecule is COCCN(CC(=O)O)Cc1ccc(C2CCCC2)s1. The molecule has 0 aliphatic heterocycles. The first-order chi connectivity index (χ1) is 9.69. The van der Waals surface area contributed by atoms with Crippen molar-refractivity contribution in [2.24, 2.45) is 0 Å². The van der Waals surface area contributed by atoms with Gasteiger partial charge in [0.25, 0.3) is 0 Å². The second kappa shape index (κ2) is 7.76. The van der Waals surface area contributed by atoms with E-state index in [-0.39, 0.29) is 6.54 Å². The zero-order valence-electron chi connectivity index (χ0n) is 12.0. The van der Waals surface area contributed by atoms with Gasteiger partial charge in [0.1, 0.15) is 0 Å². The van der Waals surface area contributed by atoms with Gasteiger partial charge in [0.2, 0.25) is 0 Å². The number of nitrogens with zero attached hydrogens (tertiary/aromatic N) is 1. The minimum absolute atomic E-state index is 0.0695. The first-order valence-corrected chi connectivity index (χ1v) is 8.02. The number of carboxylic acids is 1. The van der Waals surface area contributed by atoms with Crippen LogP contribution < -0.4 is 0 Å². The third kappa shape index (κ3) is 4.58. The van der Waals surface area contributed by atoms with Crippen molar-refractivity contribution in [3.63, 3.8) is 0 Å². The summed E-state index contributed by atoms with van der Waals surface area (Å²) in [5.41, 5.74) is 0. The number of hydrogen-bond donors (Lipinski definition) is 1. The lowest BCUT2D eigenvalue weighted by Gasteiger charge is -2.18. The first kappa shape index (κ1) is 15.5. The molecule has 1 aromatic rings. The Morgan fingerprint density at radius 1 is 1.45 bits per heavy atom. The van der Waals surface area contributed by atoms with Gasteiger partial charge in [0, 0.05) is 30.0 Å². The second-order valence-electron chi connectivity index (χ2n) is 5.38. The molecule has 0 aromatic carbocycles. The highest BCUT2D eigenvalue weighted by atomic mass is 32.1. The van der Waals surface area contributed by atoms with Crippen molar-refractivity contribution in [3.05, 3.63) is 21.9 Å². The smallest absolute Gasteiger partial charge is 0.317 e. The fraction of sp³-hybridized carbons (Fsp3) is 0.667. The highest BCUT2D eigenvalue weighted by Gasteiger charge is 2.19. The molecular formula is C15H23NO3S. The summed E-state index contributed by atoms with van der Waals surface area (Å²) in [6.45, 7) is 1.99. The van der Waals surface area contributed by atoms with Crippen molar-refractivity contribution in [1.82, 2.24) is 4.90 Å². The van der Waals surface area contributed by atoms with Gasteiger partial charge in [0.05, 0.1) is 13.2 Å². The third-order valence-electron chi connectivity index (χ3n) is 3.79. The Hall–Kier alpha value is -0.910. The molecule has 0 atom stereocenters. The number of thiophene rings is 1. The lowest BCUT2D eigenvalue weighted by molar-refractivity contribution is -0.138. The van der Waals surface area contributed by atoms with E-state index in [9.17, 15) is 4.79 Å². The molecule has 0 radical (unpaired) electrons. The summed E-state index contributed by atoms with van der Waals surface area (Å²) in [7, 11) is 1.64. The molecule has 2 rings (SSSR count). The van der Waals surface area contributed by atoms with Gasteiger partial charge in [-0.1, -0.05) is 12.8 Å². The van der Waals surface area contributed by atoms with Gasteiger partial charge >= 0.3 is 5.97 Å². The van der Waals surface area contributed by atoms with Crippen molar-refractivity contribution in [2.75, 3.05) is 26.8 Å². The van der Waals surface area contributed by atoms with E-state index in [0.717, 1.165) is 5.92 Å². The van der Waals surface area contributed by atoms with E-state index in [1.165, 1.54) is 35.4 Å². The molecular weight excluding hydrogens is 274 g/mol. The van der Waals surface area contributed by atoms with Gasteiger partial charge in [-0.2, -0.15) is 0 Å². The molecule has 112 valence electrons. The maximum atomic E-state index is 10.9. The molecule has 0 saturated heterocycles. The number of carbonyl (C=O) groups is 1. The summed E-state index contributed by atoms with van der Waals surface area (Å²) < 4.78 is 5.05. The van der Waals surface area contributed by atoms with Crippen LogP contribution in [0.15, 0.2) is 12.1 Å². The van der Waals surface area contributed by atoms with Crippen LogP contribution >= 0.6 is 11.3 Å². The average Bonchev–Trinajstić information content (AvgIpc) is 3.05. The van der Waals surface area contributed by atoms with Gasteiger partial charge < -0.3 is 9.84 Å². The summed E-state index contributed by atoms with van der Waals surface area (Å²) in [6, 6.07) is 4.38. The Morgan fingerprint density at radius 2 is 2.20 bits per heavy atom. The molecule has 20 heavy (non-hydrogen) atoms. The maximum absolute atomic E-state index is 10.9. The van der Waals surface area contributed by atoms with E-state index < -0.39 is 5.97 Å². The van der Waals surface area contributed by atoms with Gasteiger partial charge in [-0.15, -0.1) is 11.3 Å². The van der Waals surface area contributed by atoms with Gasteiger partial charge in [-0.05, 0) is 30.9 Å². The van der Waals surface area contributed by atoms with Gasteiger partial charge in [-0.3, -0.25) is 9.69 Å². The lowest BCUT2D eigenvalue weighted by atomic mass is 10.1. The fourth-order valence-corrected chi connectivity index (χ4v) is 3.98. The van der Waals surface area contributed by atoms with E-state index in [1.807, 2.05) is 16.2 Å². The van der Waals surface area contributed by atoms with Crippen LogP contribution in [0.25, 0.3) is 0 Å². The monoisotopic (exact) mass is 297 g/mol. The standard InChI is InChI=1S/C15H23NO3S/c1-19-9-8-16(11-15(17)18)10-13-6-7-14(20-13)12-4-2-3-5-12/h6-7,12H,2-5,8-11H2,1H3,(H,17,18). The van der Waals surface area contributed by atoms with E-state index in [0.29, 0.717) is 19.7 Å². The van der Waals surface area contributed by atoms with E-state index in [1.54, 1.807) is 7.11 Å². The zero-order chi connectivity index (χ0) is 14.4. The third-order valence-corrected chi connectivity index (χ3v) is 5.02. The predicted molar refractivity (Wildman–Crippen MR) is 80.3 cm³/mol. The quantitative estimate of drug-likeness (QED) is 0.801. The molecule has 1 aliphatic carbocycles. The Kier molecular flexibility index (Phi) is 6.01. The molecule has 0 amide bonds. The summed E-state index contributed by atoms with van der Waals surface area (Å²) in [5, 5.41) is 8.96. The van der Waals surface area contributed by atoms with Crippen LogP contribution in [-0.4, -0.2) is 42.8 Å². The second-order valence-corrected chi connectivity index (χ2v) is 6.58. The van der Waals surface area contributed by atoms with E-state index in [4.69, 9.17) is 9.84 Å². The number of rotatable bonds is 8. The molecule has 1 aromatic heterocycles. The van der Waals surface area contributed by atoms with Crippen LogP contribution in [0.5, 0.6) is 0 Å². The average molecular weight is 297 g/mol. The van der Waals surface area contributed by atoms with Crippen LogP contribution in [0, 0.1) is 0 Å². The molecule has 5 heteroatoms. The number of aliphatic carboxylic acids is 1. The maximum Gasteiger partial charge on any atom is 0.317 e. The molecule has 1 fully saturated rings. The minimum atomic E-state index is -0.784. The Labute approximate surface area is 124 Å². The molecule has 0 bridgehead atoms. The van der Waals surface area contributed by atoms with Crippen LogP contribution in [-0.2, 0) is 16.1 Å². The van der Waals surface area contributed by atoms with Crippen LogP contribution in [0.1, 0.15) is 41.4 Å². The van der Waals surface area contributed by atoms with Crippen molar-refractivity contribution < 1.29 is 14.6 Å². The van der Waals surface area contributed by atoms with Crippen molar-refractivity contribution >= 4 is 17.3 Å². The lowest BCUT2D eigenvalue weighted by Crippen LogP contribution is -2.31. The molecule has 1 saturated carbocycles.